The van der Waals surface area contributed by atoms with E-state index in [-0.39, 0.29) is 18.0 Å². The standard InChI is InChI=1S/C22H15ClN6O.ClH/c23-17-11-15(4-5-16(17)21(24)30)19-7-8-20-22(26-19)29(28-27-20)12-13-3-6-18-14(10-13)2-1-9-25-18;/h1-11H,12H2,(H2,24,30);1H. The van der Waals surface area contributed by atoms with E-state index in [2.05, 4.69) is 21.4 Å². The van der Waals surface area contributed by atoms with Crippen molar-refractivity contribution < 1.29 is 4.79 Å². The van der Waals surface area contributed by atoms with Gasteiger partial charge in [0, 0.05) is 17.1 Å². The van der Waals surface area contributed by atoms with Crippen LogP contribution in [-0.2, 0) is 6.54 Å². The first-order chi connectivity index (χ1) is 14.6. The summed E-state index contributed by atoms with van der Waals surface area (Å²) < 4.78 is 1.76. The van der Waals surface area contributed by atoms with Crippen molar-refractivity contribution in [2.45, 2.75) is 6.54 Å². The maximum atomic E-state index is 11.4. The Bertz CT molecular complexity index is 1430. The summed E-state index contributed by atoms with van der Waals surface area (Å²) in [7, 11) is 0. The highest BCUT2D eigenvalue weighted by molar-refractivity contribution is 6.34. The van der Waals surface area contributed by atoms with Crippen molar-refractivity contribution in [2.75, 3.05) is 0 Å². The lowest BCUT2D eigenvalue weighted by atomic mass is 10.1. The lowest BCUT2D eigenvalue weighted by Crippen LogP contribution is -2.11. The van der Waals surface area contributed by atoms with Crippen molar-refractivity contribution in [3.63, 3.8) is 0 Å². The van der Waals surface area contributed by atoms with E-state index in [1.54, 1.807) is 29.1 Å². The van der Waals surface area contributed by atoms with Crippen LogP contribution >= 0.6 is 24.0 Å². The summed E-state index contributed by atoms with van der Waals surface area (Å²) in [4.78, 5) is 20.5. The van der Waals surface area contributed by atoms with Gasteiger partial charge in [0.05, 0.1) is 28.3 Å². The summed E-state index contributed by atoms with van der Waals surface area (Å²) in [6.45, 7) is 0.527. The van der Waals surface area contributed by atoms with Crippen LogP contribution in [0.2, 0.25) is 5.02 Å². The molecule has 0 aliphatic heterocycles. The predicted molar refractivity (Wildman–Crippen MR) is 122 cm³/mol. The van der Waals surface area contributed by atoms with Crippen LogP contribution in [0.1, 0.15) is 15.9 Å². The number of primary amides is 1. The van der Waals surface area contributed by atoms with Crippen LogP contribution in [0.4, 0.5) is 0 Å². The van der Waals surface area contributed by atoms with E-state index in [0.29, 0.717) is 28.4 Å². The van der Waals surface area contributed by atoms with E-state index < -0.39 is 5.91 Å². The minimum absolute atomic E-state index is 0. The summed E-state index contributed by atoms with van der Waals surface area (Å²) in [5, 5.41) is 9.84. The largest absolute Gasteiger partial charge is 0.366 e. The van der Waals surface area contributed by atoms with Gasteiger partial charge in [0.1, 0.15) is 5.52 Å². The second-order valence-corrected chi connectivity index (χ2v) is 7.28. The molecule has 5 rings (SSSR count). The Morgan fingerprint density at radius 2 is 1.87 bits per heavy atom. The number of rotatable bonds is 4. The van der Waals surface area contributed by atoms with Gasteiger partial charge in [-0.2, -0.15) is 0 Å². The first-order valence-electron chi connectivity index (χ1n) is 9.22. The molecule has 31 heavy (non-hydrogen) atoms. The van der Waals surface area contributed by atoms with Crippen molar-refractivity contribution in [1.29, 1.82) is 0 Å². The van der Waals surface area contributed by atoms with Gasteiger partial charge in [-0.15, -0.1) is 17.5 Å². The molecule has 7 nitrogen and oxygen atoms in total. The molecule has 0 atom stereocenters. The molecule has 0 fully saturated rings. The van der Waals surface area contributed by atoms with E-state index in [1.165, 1.54) is 0 Å². The number of hydrogen-bond donors (Lipinski definition) is 1. The zero-order valence-electron chi connectivity index (χ0n) is 16.1. The Labute approximate surface area is 188 Å². The molecule has 0 saturated heterocycles. The third kappa shape index (κ3) is 3.93. The average Bonchev–Trinajstić information content (AvgIpc) is 3.15. The molecule has 0 bridgehead atoms. The zero-order valence-corrected chi connectivity index (χ0v) is 17.6. The highest BCUT2D eigenvalue weighted by Gasteiger charge is 2.12. The number of carbonyl (C=O) groups is 1. The van der Waals surface area contributed by atoms with Crippen LogP contribution in [0.3, 0.4) is 0 Å². The van der Waals surface area contributed by atoms with Crippen LogP contribution < -0.4 is 5.73 Å². The maximum absolute atomic E-state index is 11.4. The molecule has 3 heterocycles. The van der Waals surface area contributed by atoms with Gasteiger partial charge in [-0.25, -0.2) is 9.67 Å². The van der Waals surface area contributed by atoms with Gasteiger partial charge in [0.15, 0.2) is 5.65 Å². The number of aromatic nitrogens is 5. The lowest BCUT2D eigenvalue weighted by Gasteiger charge is -2.07. The summed E-state index contributed by atoms with van der Waals surface area (Å²) in [5.74, 6) is -0.567. The van der Waals surface area contributed by atoms with Gasteiger partial charge in [0.2, 0.25) is 5.91 Å². The monoisotopic (exact) mass is 450 g/mol. The Balaban J connectivity index is 0.00000231. The van der Waals surface area contributed by atoms with Crippen molar-refractivity contribution in [2.24, 2.45) is 5.73 Å². The number of hydrogen-bond acceptors (Lipinski definition) is 5. The second kappa shape index (κ2) is 8.29. The van der Waals surface area contributed by atoms with Gasteiger partial charge < -0.3 is 5.73 Å². The smallest absolute Gasteiger partial charge is 0.250 e. The molecule has 9 heteroatoms. The minimum atomic E-state index is -0.567. The van der Waals surface area contributed by atoms with Gasteiger partial charge in [-0.3, -0.25) is 9.78 Å². The number of nitrogens with two attached hydrogens (primary N) is 1. The molecule has 154 valence electrons. The van der Waals surface area contributed by atoms with Crippen LogP contribution in [0.25, 0.3) is 33.3 Å². The molecule has 0 radical (unpaired) electrons. The average molecular weight is 451 g/mol. The number of fused-ring (bicyclic) bond motifs is 2. The highest BCUT2D eigenvalue weighted by atomic mass is 35.5. The minimum Gasteiger partial charge on any atom is -0.366 e. The molecule has 0 aliphatic carbocycles. The molecule has 5 aromatic rings. The number of halogens is 2. The quantitative estimate of drug-likeness (QED) is 0.440. The molecule has 1 amide bonds. The van der Waals surface area contributed by atoms with E-state index >= 15 is 0 Å². The Hall–Kier alpha value is -3.55. The fourth-order valence-corrected chi connectivity index (χ4v) is 3.67. The molecular formula is C22H16Cl2N6O. The molecule has 0 spiro atoms. The zero-order chi connectivity index (χ0) is 20.7. The summed E-state index contributed by atoms with van der Waals surface area (Å²) in [6.07, 6.45) is 1.78. The Morgan fingerprint density at radius 1 is 1.03 bits per heavy atom. The van der Waals surface area contributed by atoms with Crippen molar-refractivity contribution in [3.05, 3.63) is 83.0 Å². The number of benzene rings is 2. The third-order valence-electron chi connectivity index (χ3n) is 4.89. The fraction of sp³-hybridized carbons (Fsp3) is 0.0455. The maximum Gasteiger partial charge on any atom is 0.250 e. The van der Waals surface area contributed by atoms with E-state index in [4.69, 9.17) is 22.3 Å². The third-order valence-corrected chi connectivity index (χ3v) is 5.20. The SMILES string of the molecule is Cl.NC(=O)c1ccc(-c2ccc3nnn(Cc4ccc5ncccc5c4)c3n2)cc1Cl. The van der Waals surface area contributed by atoms with Gasteiger partial charge in [0.25, 0.3) is 0 Å². The van der Waals surface area contributed by atoms with Crippen molar-refractivity contribution >= 4 is 52.0 Å². The first-order valence-corrected chi connectivity index (χ1v) is 9.60. The molecule has 0 unspecified atom stereocenters. The molecule has 2 N–H and O–H groups in total. The highest BCUT2D eigenvalue weighted by Crippen LogP contribution is 2.26. The van der Waals surface area contributed by atoms with Gasteiger partial charge in [-0.05, 0) is 48.0 Å². The molecular weight excluding hydrogens is 435 g/mol. The van der Waals surface area contributed by atoms with Crippen molar-refractivity contribution in [3.8, 4) is 11.3 Å². The number of carbonyl (C=O) groups excluding carboxylic acids is 1. The van der Waals surface area contributed by atoms with Crippen LogP contribution in [0.15, 0.2) is 66.9 Å². The number of nitrogens with zero attached hydrogens (tertiary/aromatic N) is 5. The second-order valence-electron chi connectivity index (χ2n) is 6.88. The van der Waals surface area contributed by atoms with E-state index in [0.717, 1.165) is 22.0 Å². The summed E-state index contributed by atoms with van der Waals surface area (Å²) in [5.41, 5.74) is 10.5. The van der Waals surface area contributed by atoms with Gasteiger partial charge >= 0.3 is 0 Å². The van der Waals surface area contributed by atoms with Crippen LogP contribution in [-0.4, -0.2) is 30.9 Å². The first kappa shape index (κ1) is 20.7. The number of pyridine rings is 2. The van der Waals surface area contributed by atoms with E-state index in [1.807, 2.05) is 36.4 Å². The van der Waals surface area contributed by atoms with Crippen molar-refractivity contribution in [1.82, 2.24) is 25.0 Å². The molecule has 3 aromatic heterocycles. The molecule has 0 saturated carbocycles. The number of amides is 1. The Morgan fingerprint density at radius 3 is 2.68 bits per heavy atom. The lowest BCUT2D eigenvalue weighted by molar-refractivity contribution is 0.100. The molecule has 0 aliphatic rings. The summed E-state index contributed by atoms with van der Waals surface area (Å²) >= 11 is 6.19. The van der Waals surface area contributed by atoms with Crippen LogP contribution in [0, 0.1) is 0 Å². The Kier molecular flexibility index (Phi) is 5.54. The summed E-state index contributed by atoms with van der Waals surface area (Å²) in [6, 6.07) is 18.8. The van der Waals surface area contributed by atoms with Gasteiger partial charge in [-0.1, -0.05) is 35.0 Å². The normalized spacial score (nSPS) is 10.9. The van der Waals surface area contributed by atoms with E-state index in [9.17, 15) is 4.79 Å². The topological polar surface area (TPSA) is 99.6 Å². The van der Waals surface area contributed by atoms with Crippen LogP contribution in [0.5, 0.6) is 0 Å². The molecule has 2 aromatic carbocycles. The fourth-order valence-electron chi connectivity index (χ4n) is 3.39. The predicted octanol–water partition coefficient (Wildman–Crippen LogP) is 4.26.